The molecule has 0 spiro atoms. The Morgan fingerprint density at radius 1 is 1.17 bits per heavy atom. The van der Waals surface area contributed by atoms with Crippen LogP contribution in [-0.4, -0.2) is 38.5 Å². The van der Waals surface area contributed by atoms with E-state index in [4.69, 9.17) is 10.7 Å². The van der Waals surface area contributed by atoms with Gasteiger partial charge in [0.2, 0.25) is 5.95 Å². The van der Waals surface area contributed by atoms with Crippen molar-refractivity contribution < 1.29 is 0 Å². The normalized spacial score (nSPS) is 17.1. The number of aromatic nitrogens is 4. The maximum absolute atomic E-state index is 13.4. The minimum Gasteiger partial charge on any atom is -0.341 e. The fourth-order valence-corrected chi connectivity index (χ4v) is 4.51. The molecule has 2 aromatic carbocycles. The van der Waals surface area contributed by atoms with Gasteiger partial charge in [0.15, 0.2) is 0 Å². The predicted molar refractivity (Wildman–Crippen MR) is 120 cm³/mol. The van der Waals surface area contributed by atoms with Gasteiger partial charge in [0.05, 0.1) is 12.7 Å². The van der Waals surface area contributed by atoms with Crippen LogP contribution in [0.15, 0.2) is 53.5 Å². The maximum atomic E-state index is 13.4. The van der Waals surface area contributed by atoms with Crippen molar-refractivity contribution >= 4 is 27.8 Å². The van der Waals surface area contributed by atoms with Crippen molar-refractivity contribution in [1.82, 2.24) is 19.3 Å². The number of hydrogen-bond donors (Lipinski definition) is 1. The van der Waals surface area contributed by atoms with Gasteiger partial charge in [-0.25, -0.2) is 9.67 Å². The zero-order chi connectivity index (χ0) is 20.7. The summed E-state index contributed by atoms with van der Waals surface area (Å²) in [5, 5.41) is 6.74. The van der Waals surface area contributed by atoms with Gasteiger partial charge in [0.25, 0.3) is 5.56 Å². The number of nitrogens with two attached hydrogens (primary N) is 1. The van der Waals surface area contributed by atoms with Crippen LogP contribution in [0.1, 0.15) is 25.3 Å². The first-order valence-electron chi connectivity index (χ1n) is 10.6. The highest BCUT2D eigenvalue weighted by molar-refractivity contribution is 5.85. The second-order valence-electron chi connectivity index (χ2n) is 7.98. The van der Waals surface area contributed by atoms with E-state index in [0.717, 1.165) is 48.2 Å². The third-order valence-electron chi connectivity index (χ3n) is 5.99. The number of fused-ring (bicyclic) bond motifs is 2. The summed E-state index contributed by atoms with van der Waals surface area (Å²) in [4.78, 5) is 20.4. The zero-order valence-corrected chi connectivity index (χ0v) is 17.2. The van der Waals surface area contributed by atoms with Crippen molar-refractivity contribution in [3.63, 3.8) is 0 Å². The number of nitrogens with zero attached hydrogens (tertiary/aromatic N) is 5. The van der Waals surface area contributed by atoms with Crippen molar-refractivity contribution in [3.8, 4) is 0 Å². The molecule has 3 heterocycles. The third-order valence-corrected chi connectivity index (χ3v) is 5.99. The SMILES string of the molecule is CCn1c(N2CCCC(N)C2)nc2cnn(Cc3cccc4ccccc34)c(=O)c21. The predicted octanol–water partition coefficient (Wildman–Crippen LogP) is 2.74. The summed E-state index contributed by atoms with van der Waals surface area (Å²) in [6, 6.07) is 14.5. The van der Waals surface area contributed by atoms with Gasteiger partial charge in [-0.15, -0.1) is 0 Å². The maximum Gasteiger partial charge on any atom is 0.293 e. The monoisotopic (exact) mass is 402 g/mol. The van der Waals surface area contributed by atoms with E-state index in [-0.39, 0.29) is 11.6 Å². The number of aryl methyl sites for hydroxylation is 1. The van der Waals surface area contributed by atoms with Gasteiger partial charge in [0.1, 0.15) is 11.0 Å². The molecule has 0 bridgehead atoms. The minimum atomic E-state index is -0.109. The number of anilines is 1. The highest BCUT2D eigenvalue weighted by atomic mass is 16.1. The molecule has 7 heteroatoms. The minimum absolute atomic E-state index is 0.109. The molecule has 154 valence electrons. The van der Waals surface area contributed by atoms with E-state index < -0.39 is 0 Å². The quantitative estimate of drug-likeness (QED) is 0.568. The van der Waals surface area contributed by atoms with Crippen LogP contribution in [-0.2, 0) is 13.1 Å². The van der Waals surface area contributed by atoms with E-state index in [1.807, 2.05) is 29.7 Å². The Labute approximate surface area is 174 Å². The Balaban J connectivity index is 1.59. The summed E-state index contributed by atoms with van der Waals surface area (Å²) in [5.41, 5.74) is 8.40. The summed E-state index contributed by atoms with van der Waals surface area (Å²) in [7, 11) is 0. The highest BCUT2D eigenvalue weighted by Crippen LogP contribution is 2.23. The van der Waals surface area contributed by atoms with E-state index >= 15 is 0 Å². The molecular weight excluding hydrogens is 376 g/mol. The van der Waals surface area contributed by atoms with E-state index in [9.17, 15) is 4.79 Å². The van der Waals surface area contributed by atoms with Crippen LogP contribution in [0.2, 0.25) is 0 Å². The largest absolute Gasteiger partial charge is 0.341 e. The Bertz CT molecular complexity index is 1270. The van der Waals surface area contributed by atoms with Gasteiger partial charge in [-0.05, 0) is 36.1 Å². The molecule has 7 nitrogen and oxygen atoms in total. The van der Waals surface area contributed by atoms with Gasteiger partial charge < -0.3 is 15.2 Å². The molecule has 0 aliphatic carbocycles. The fourth-order valence-electron chi connectivity index (χ4n) is 4.51. The molecule has 0 radical (unpaired) electrons. The lowest BCUT2D eigenvalue weighted by Gasteiger charge is -2.31. The van der Waals surface area contributed by atoms with Crippen LogP contribution in [0.25, 0.3) is 21.8 Å². The molecule has 4 aromatic rings. The second kappa shape index (κ2) is 7.57. The van der Waals surface area contributed by atoms with Crippen LogP contribution < -0.4 is 16.2 Å². The molecular formula is C23H26N6O. The lowest BCUT2D eigenvalue weighted by Crippen LogP contribution is -2.44. The molecule has 2 N–H and O–H groups in total. The van der Waals surface area contributed by atoms with Crippen LogP contribution in [0.5, 0.6) is 0 Å². The van der Waals surface area contributed by atoms with E-state index in [0.29, 0.717) is 24.1 Å². The lowest BCUT2D eigenvalue weighted by atomic mass is 10.0. The summed E-state index contributed by atoms with van der Waals surface area (Å²) < 4.78 is 3.56. The Kier molecular flexibility index (Phi) is 4.75. The van der Waals surface area contributed by atoms with Gasteiger partial charge >= 0.3 is 0 Å². The molecule has 1 unspecified atom stereocenters. The average Bonchev–Trinajstić information content (AvgIpc) is 3.15. The Morgan fingerprint density at radius 2 is 2.00 bits per heavy atom. The molecule has 2 aromatic heterocycles. The lowest BCUT2D eigenvalue weighted by molar-refractivity contribution is 0.494. The van der Waals surface area contributed by atoms with Gasteiger partial charge in [-0.2, -0.15) is 5.10 Å². The fraction of sp³-hybridized carbons (Fsp3) is 0.348. The molecule has 30 heavy (non-hydrogen) atoms. The first-order chi connectivity index (χ1) is 14.7. The number of rotatable bonds is 4. The number of piperidine rings is 1. The van der Waals surface area contributed by atoms with E-state index in [1.165, 1.54) is 0 Å². The third kappa shape index (κ3) is 3.15. The van der Waals surface area contributed by atoms with Crippen molar-refractivity contribution in [2.45, 2.75) is 38.9 Å². The van der Waals surface area contributed by atoms with Crippen LogP contribution in [0.3, 0.4) is 0 Å². The Hall–Kier alpha value is -3.19. The van der Waals surface area contributed by atoms with Crippen LogP contribution >= 0.6 is 0 Å². The molecule has 1 saturated heterocycles. The Morgan fingerprint density at radius 3 is 2.83 bits per heavy atom. The van der Waals surface area contributed by atoms with Crippen LogP contribution in [0, 0.1) is 0 Å². The van der Waals surface area contributed by atoms with Crippen molar-refractivity contribution in [3.05, 3.63) is 64.6 Å². The summed E-state index contributed by atoms with van der Waals surface area (Å²) in [5.74, 6) is 0.824. The first kappa shape index (κ1) is 18.8. The molecule has 1 atom stereocenters. The molecule has 1 fully saturated rings. The zero-order valence-electron chi connectivity index (χ0n) is 17.2. The van der Waals surface area contributed by atoms with Gasteiger partial charge in [-0.1, -0.05) is 42.5 Å². The van der Waals surface area contributed by atoms with Gasteiger partial charge in [-0.3, -0.25) is 4.79 Å². The molecule has 1 aliphatic heterocycles. The molecule has 0 amide bonds. The van der Waals surface area contributed by atoms with E-state index in [2.05, 4.69) is 34.3 Å². The summed E-state index contributed by atoms with van der Waals surface area (Å²) in [6.07, 6.45) is 3.78. The molecule has 5 rings (SSSR count). The standard InChI is InChI=1S/C23H26N6O/c1-2-28-21-20(26-23(28)27-12-6-10-18(24)15-27)13-25-29(22(21)30)14-17-9-5-8-16-7-3-4-11-19(16)17/h3-5,7-9,11,13,18H,2,6,10,12,14-15,24H2,1H3. The number of hydrogen-bond acceptors (Lipinski definition) is 5. The number of benzene rings is 2. The average molecular weight is 403 g/mol. The van der Waals surface area contributed by atoms with Gasteiger partial charge in [0, 0.05) is 25.7 Å². The second-order valence-corrected chi connectivity index (χ2v) is 7.98. The molecule has 0 saturated carbocycles. The highest BCUT2D eigenvalue weighted by Gasteiger charge is 2.24. The first-order valence-corrected chi connectivity index (χ1v) is 10.6. The summed E-state index contributed by atoms with van der Waals surface area (Å²) in [6.45, 7) is 4.82. The number of imidazole rings is 1. The van der Waals surface area contributed by atoms with Crippen molar-refractivity contribution in [1.29, 1.82) is 0 Å². The van der Waals surface area contributed by atoms with E-state index in [1.54, 1.807) is 10.9 Å². The smallest absolute Gasteiger partial charge is 0.293 e. The topological polar surface area (TPSA) is 82.0 Å². The molecule has 1 aliphatic rings. The summed E-state index contributed by atoms with van der Waals surface area (Å²) >= 11 is 0. The van der Waals surface area contributed by atoms with Crippen molar-refractivity contribution in [2.75, 3.05) is 18.0 Å². The van der Waals surface area contributed by atoms with Crippen LogP contribution in [0.4, 0.5) is 5.95 Å². The van der Waals surface area contributed by atoms with Crippen molar-refractivity contribution in [2.24, 2.45) is 5.73 Å².